The van der Waals surface area contributed by atoms with Crippen molar-refractivity contribution in [3.63, 3.8) is 0 Å². The van der Waals surface area contributed by atoms with E-state index in [9.17, 15) is 0 Å². The first kappa shape index (κ1) is 13.8. The lowest BCUT2D eigenvalue weighted by molar-refractivity contribution is 0.642. The molecule has 0 aliphatic heterocycles. The Labute approximate surface area is 131 Å². The van der Waals surface area contributed by atoms with Crippen LogP contribution in [0.5, 0.6) is 0 Å². The lowest BCUT2D eigenvalue weighted by Crippen LogP contribution is -2.29. The van der Waals surface area contributed by atoms with E-state index in [1.54, 1.807) is 11.3 Å². The van der Waals surface area contributed by atoms with Gasteiger partial charge in [0.2, 0.25) is 0 Å². The van der Waals surface area contributed by atoms with Crippen LogP contribution >= 0.6 is 61.5 Å². The topological polar surface area (TPSA) is 38.0 Å². The zero-order valence-electron chi connectivity index (χ0n) is 8.58. The monoisotopic (exact) mass is 442 g/mol. The van der Waals surface area contributed by atoms with Crippen molar-refractivity contribution < 1.29 is 0 Å². The Bertz CT molecular complexity index is 532. The Morgan fingerprint density at radius 3 is 2.76 bits per heavy atom. The normalized spacial score (nSPS) is 12.7. The van der Waals surface area contributed by atoms with Gasteiger partial charge in [-0.05, 0) is 73.7 Å². The van der Waals surface area contributed by atoms with E-state index in [1.807, 2.05) is 29.6 Å². The van der Waals surface area contributed by atoms with Gasteiger partial charge in [-0.25, -0.2) is 5.43 Å². The molecule has 0 bridgehead atoms. The molecular weight excluding hydrogens is 434 g/mol. The summed E-state index contributed by atoms with van der Waals surface area (Å²) in [6.07, 6.45) is 0. The third-order valence-electron chi connectivity index (χ3n) is 2.34. The maximum Gasteiger partial charge on any atom is 0.0824 e. The van der Waals surface area contributed by atoms with Gasteiger partial charge < -0.3 is 0 Å². The van der Waals surface area contributed by atoms with Gasteiger partial charge in [0, 0.05) is 17.9 Å². The van der Waals surface area contributed by atoms with E-state index in [-0.39, 0.29) is 6.04 Å². The van der Waals surface area contributed by atoms with Gasteiger partial charge in [-0.3, -0.25) is 5.84 Å². The second kappa shape index (κ2) is 5.99. The van der Waals surface area contributed by atoms with Crippen LogP contribution in [0.4, 0.5) is 0 Å². The molecule has 1 heterocycles. The minimum absolute atomic E-state index is 0.0463. The van der Waals surface area contributed by atoms with E-state index in [2.05, 4.69) is 43.9 Å². The Kier molecular flexibility index (Phi) is 4.85. The van der Waals surface area contributed by atoms with Crippen LogP contribution in [0, 0.1) is 3.57 Å². The van der Waals surface area contributed by atoms with E-state index in [1.165, 1.54) is 0 Å². The number of halogens is 3. The molecule has 0 aliphatic rings. The maximum absolute atomic E-state index is 6.04. The highest BCUT2D eigenvalue weighted by Gasteiger charge is 2.19. The summed E-state index contributed by atoms with van der Waals surface area (Å²) in [5, 5.41) is 2.74. The molecule has 1 aromatic carbocycles. The molecule has 90 valence electrons. The van der Waals surface area contributed by atoms with Crippen LogP contribution in [0.15, 0.2) is 34.1 Å². The van der Waals surface area contributed by atoms with Crippen LogP contribution in [0.25, 0.3) is 0 Å². The zero-order chi connectivity index (χ0) is 12.4. The molecule has 6 heteroatoms. The fourth-order valence-electron chi connectivity index (χ4n) is 1.55. The van der Waals surface area contributed by atoms with Gasteiger partial charge in [0.05, 0.1) is 6.04 Å². The van der Waals surface area contributed by atoms with E-state index in [4.69, 9.17) is 17.4 Å². The van der Waals surface area contributed by atoms with Crippen LogP contribution in [0.2, 0.25) is 5.02 Å². The summed E-state index contributed by atoms with van der Waals surface area (Å²) in [6, 6.07) is 7.78. The summed E-state index contributed by atoms with van der Waals surface area (Å²) in [5.41, 5.74) is 3.93. The number of benzene rings is 1. The van der Waals surface area contributed by atoms with Crippen LogP contribution in [0.1, 0.15) is 16.5 Å². The number of hydrogen-bond donors (Lipinski definition) is 2. The number of nitrogens with one attached hydrogen (secondary N) is 1. The maximum atomic E-state index is 6.04. The molecule has 1 unspecified atom stereocenters. The molecule has 2 aromatic rings. The smallest absolute Gasteiger partial charge is 0.0824 e. The average molecular weight is 444 g/mol. The van der Waals surface area contributed by atoms with Crippen molar-refractivity contribution in [3.8, 4) is 0 Å². The number of hydrogen-bond acceptors (Lipinski definition) is 3. The summed E-state index contributed by atoms with van der Waals surface area (Å²) in [5.74, 6) is 5.67. The van der Waals surface area contributed by atoms with Crippen LogP contribution in [-0.2, 0) is 0 Å². The van der Waals surface area contributed by atoms with E-state index >= 15 is 0 Å². The highest BCUT2D eigenvalue weighted by Crippen LogP contribution is 2.35. The summed E-state index contributed by atoms with van der Waals surface area (Å²) in [7, 11) is 0. The van der Waals surface area contributed by atoms with Crippen LogP contribution < -0.4 is 11.3 Å². The van der Waals surface area contributed by atoms with Crippen LogP contribution in [-0.4, -0.2) is 0 Å². The Hall–Kier alpha value is 0.340. The minimum atomic E-state index is -0.0463. The third-order valence-corrected chi connectivity index (χ3v) is 5.50. The van der Waals surface area contributed by atoms with E-state index in [0.717, 1.165) is 18.5 Å². The van der Waals surface area contributed by atoms with Gasteiger partial charge >= 0.3 is 0 Å². The molecule has 17 heavy (non-hydrogen) atoms. The van der Waals surface area contributed by atoms with Crippen molar-refractivity contribution in [1.29, 1.82) is 0 Å². The standard InChI is InChI=1S/C11H9BrClIN2S/c12-8-3-4-17-11(8)10(16-15)7-5-6(13)1-2-9(7)14/h1-5,10,16H,15H2. The second-order valence-electron chi connectivity index (χ2n) is 3.40. The quantitative estimate of drug-likeness (QED) is 0.421. The molecule has 0 aliphatic carbocycles. The molecule has 2 nitrogen and oxygen atoms in total. The SMILES string of the molecule is NNC(c1cc(Cl)ccc1I)c1sccc1Br. The van der Waals surface area contributed by atoms with Crippen molar-refractivity contribution in [3.05, 3.63) is 53.2 Å². The molecule has 0 amide bonds. The molecular formula is C11H9BrClIN2S. The highest BCUT2D eigenvalue weighted by atomic mass is 127. The fraction of sp³-hybridized carbons (Fsp3) is 0.0909. The summed E-state index contributed by atoms with van der Waals surface area (Å²) in [6.45, 7) is 0. The van der Waals surface area contributed by atoms with Crippen LogP contribution in [0.3, 0.4) is 0 Å². The fourth-order valence-corrected chi connectivity index (χ4v) is 4.06. The number of thiophene rings is 1. The molecule has 0 radical (unpaired) electrons. The van der Waals surface area contributed by atoms with Crippen molar-refractivity contribution in [2.45, 2.75) is 6.04 Å². The number of rotatable bonds is 3. The van der Waals surface area contributed by atoms with E-state index in [0.29, 0.717) is 5.02 Å². The molecule has 0 saturated heterocycles. The Morgan fingerprint density at radius 1 is 1.41 bits per heavy atom. The predicted octanol–water partition coefficient (Wildman–Crippen LogP) is 4.32. The van der Waals surface area contributed by atoms with Crippen molar-refractivity contribution in [2.75, 3.05) is 0 Å². The number of hydrazine groups is 1. The molecule has 2 rings (SSSR count). The van der Waals surface area contributed by atoms with Gasteiger partial charge in [0.1, 0.15) is 0 Å². The van der Waals surface area contributed by atoms with Crippen molar-refractivity contribution in [2.24, 2.45) is 5.84 Å². The molecule has 0 saturated carbocycles. The summed E-state index contributed by atoms with van der Waals surface area (Å²) >= 11 is 13.5. The van der Waals surface area contributed by atoms with Gasteiger partial charge in [0.15, 0.2) is 0 Å². The van der Waals surface area contributed by atoms with E-state index < -0.39 is 0 Å². The summed E-state index contributed by atoms with van der Waals surface area (Å²) in [4.78, 5) is 1.15. The highest BCUT2D eigenvalue weighted by molar-refractivity contribution is 14.1. The molecule has 0 fully saturated rings. The zero-order valence-corrected chi connectivity index (χ0v) is 13.9. The van der Waals surface area contributed by atoms with Gasteiger partial charge in [0.25, 0.3) is 0 Å². The molecule has 1 aromatic heterocycles. The third kappa shape index (κ3) is 3.02. The van der Waals surface area contributed by atoms with Gasteiger partial charge in [-0.2, -0.15) is 0 Å². The Morgan fingerprint density at radius 2 is 2.18 bits per heavy atom. The lowest BCUT2D eigenvalue weighted by Gasteiger charge is -2.17. The minimum Gasteiger partial charge on any atom is -0.271 e. The van der Waals surface area contributed by atoms with Crippen molar-refractivity contribution >= 4 is 61.5 Å². The first-order valence-corrected chi connectivity index (χ1v) is 7.90. The second-order valence-corrected chi connectivity index (χ2v) is 6.80. The molecule has 1 atom stereocenters. The first-order valence-electron chi connectivity index (χ1n) is 4.77. The Balaban J connectivity index is 2.49. The first-order chi connectivity index (χ1) is 8.13. The molecule has 0 spiro atoms. The molecule has 3 N–H and O–H groups in total. The van der Waals surface area contributed by atoms with Crippen molar-refractivity contribution in [1.82, 2.24) is 5.43 Å². The van der Waals surface area contributed by atoms with Gasteiger partial charge in [-0.1, -0.05) is 11.6 Å². The van der Waals surface area contributed by atoms with Gasteiger partial charge in [-0.15, -0.1) is 11.3 Å². The predicted molar refractivity (Wildman–Crippen MR) is 85.4 cm³/mol. The lowest BCUT2D eigenvalue weighted by atomic mass is 10.1. The number of nitrogens with two attached hydrogens (primary N) is 1. The average Bonchev–Trinajstić information content (AvgIpc) is 2.71. The summed E-state index contributed by atoms with van der Waals surface area (Å²) < 4.78 is 2.19. The largest absolute Gasteiger partial charge is 0.271 e.